The summed E-state index contributed by atoms with van der Waals surface area (Å²) in [4.78, 5) is 22.7. The number of H-pyrrole nitrogens is 1. The average Bonchev–Trinajstić information content (AvgIpc) is 2.15. The Balaban J connectivity index is 3.23. The molecule has 0 spiro atoms. The minimum absolute atomic E-state index is 0.106. The van der Waals surface area contributed by atoms with Crippen molar-refractivity contribution < 1.29 is 18.0 Å². The molecule has 1 heterocycles. The zero-order valence-electron chi connectivity index (χ0n) is 7.34. The van der Waals surface area contributed by atoms with Gasteiger partial charge in [-0.1, -0.05) is 6.08 Å². The van der Waals surface area contributed by atoms with Crippen LogP contribution >= 0.6 is 0 Å². The van der Waals surface area contributed by atoms with Crippen molar-refractivity contribution in [3.05, 3.63) is 39.8 Å². The van der Waals surface area contributed by atoms with Gasteiger partial charge in [0.1, 0.15) is 11.8 Å². The fourth-order valence-electron chi connectivity index (χ4n) is 0.958. The molecule has 15 heavy (non-hydrogen) atoms. The summed E-state index contributed by atoms with van der Waals surface area (Å²) >= 11 is 0. The number of pyridine rings is 1. The SMILES string of the molecule is O=CC=Cc1c[nH]c(=O)c(C(F)(F)F)c1. The smallest absolute Gasteiger partial charge is 0.328 e. The van der Waals surface area contributed by atoms with Crippen molar-refractivity contribution in [3.8, 4) is 0 Å². The van der Waals surface area contributed by atoms with Gasteiger partial charge in [0.25, 0.3) is 5.56 Å². The molecule has 0 bridgehead atoms. The first-order valence-electron chi connectivity index (χ1n) is 3.87. The number of aromatic amines is 1. The van der Waals surface area contributed by atoms with Crippen molar-refractivity contribution in [2.75, 3.05) is 0 Å². The topological polar surface area (TPSA) is 49.9 Å². The quantitative estimate of drug-likeness (QED) is 0.604. The molecule has 1 N–H and O–H groups in total. The van der Waals surface area contributed by atoms with Crippen LogP contribution in [-0.2, 0) is 11.0 Å². The molecule has 1 rings (SSSR count). The van der Waals surface area contributed by atoms with E-state index in [2.05, 4.69) is 0 Å². The van der Waals surface area contributed by atoms with Crippen LogP contribution in [0.15, 0.2) is 23.1 Å². The molecule has 0 amide bonds. The van der Waals surface area contributed by atoms with E-state index >= 15 is 0 Å². The second-order valence-electron chi connectivity index (χ2n) is 2.67. The number of carbonyl (C=O) groups excluding carboxylic acids is 1. The molecule has 0 aromatic carbocycles. The van der Waals surface area contributed by atoms with Gasteiger partial charge in [-0.2, -0.15) is 13.2 Å². The third-order valence-corrected chi connectivity index (χ3v) is 1.60. The van der Waals surface area contributed by atoms with E-state index in [0.717, 1.165) is 18.3 Å². The first-order valence-corrected chi connectivity index (χ1v) is 3.87. The molecule has 0 saturated carbocycles. The first kappa shape index (κ1) is 11.2. The molecule has 80 valence electrons. The number of aldehydes is 1. The van der Waals surface area contributed by atoms with Gasteiger partial charge in [0.15, 0.2) is 0 Å². The maximum Gasteiger partial charge on any atom is 0.421 e. The third kappa shape index (κ3) is 2.80. The molecule has 0 aliphatic carbocycles. The maximum atomic E-state index is 12.2. The summed E-state index contributed by atoms with van der Waals surface area (Å²) in [5.74, 6) is 0. The summed E-state index contributed by atoms with van der Waals surface area (Å²) in [7, 11) is 0. The van der Waals surface area contributed by atoms with Gasteiger partial charge < -0.3 is 4.98 Å². The Hall–Kier alpha value is -1.85. The number of allylic oxidation sites excluding steroid dienone is 1. The van der Waals surface area contributed by atoms with Gasteiger partial charge in [-0.3, -0.25) is 9.59 Å². The number of aromatic nitrogens is 1. The highest BCUT2D eigenvalue weighted by Gasteiger charge is 2.33. The van der Waals surface area contributed by atoms with E-state index < -0.39 is 17.3 Å². The van der Waals surface area contributed by atoms with E-state index in [9.17, 15) is 22.8 Å². The lowest BCUT2D eigenvalue weighted by atomic mass is 10.2. The molecule has 3 nitrogen and oxygen atoms in total. The Labute approximate surface area is 82.2 Å². The number of hydrogen-bond donors (Lipinski definition) is 1. The molecule has 0 unspecified atom stereocenters. The minimum atomic E-state index is -4.70. The van der Waals surface area contributed by atoms with Crippen LogP contribution in [0.5, 0.6) is 0 Å². The molecule has 0 radical (unpaired) electrons. The molecule has 0 aliphatic rings. The van der Waals surface area contributed by atoms with Crippen molar-refractivity contribution >= 4 is 12.4 Å². The number of hydrogen-bond acceptors (Lipinski definition) is 2. The van der Waals surface area contributed by atoms with Crippen LogP contribution in [-0.4, -0.2) is 11.3 Å². The minimum Gasteiger partial charge on any atom is -0.328 e. The normalized spacial score (nSPS) is 11.9. The fraction of sp³-hybridized carbons (Fsp3) is 0.111. The molecule has 0 saturated heterocycles. The highest BCUT2D eigenvalue weighted by molar-refractivity contribution is 5.73. The van der Waals surface area contributed by atoms with Crippen molar-refractivity contribution in [1.82, 2.24) is 4.98 Å². The van der Waals surface area contributed by atoms with E-state index in [-0.39, 0.29) is 5.56 Å². The summed E-state index contributed by atoms with van der Waals surface area (Å²) in [5.41, 5.74) is -2.38. The lowest BCUT2D eigenvalue weighted by molar-refractivity contribution is -0.138. The number of rotatable bonds is 2. The van der Waals surface area contributed by atoms with Gasteiger partial charge in [-0.05, 0) is 17.7 Å². The Kier molecular flexibility index (Phi) is 3.08. The Morgan fingerprint density at radius 3 is 2.53 bits per heavy atom. The summed E-state index contributed by atoms with van der Waals surface area (Å²) in [6, 6.07) is 0.679. The second-order valence-corrected chi connectivity index (χ2v) is 2.67. The highest BCUT2D eigenvalue weighted by Crippen LogP contribution is 2.26. The summed E-state index contributed by atoms with van der Waals surface area (Å²) in [6.07, 6.45) is -0.972. The van der Waals surface area contributed by atoms with E-state index in [1.165, 1.54) is 0 Å². The molecular formula is C9H6F3NO2. The van der Waals surface area contributed by atoms with Crippen LogP contribution in [0, 0.1) is 0 Å². The van der Waals surface area contributed by atoms with Crippen LogP contribution in [0.2, 0.25) is 0 Å². The van der Waals surface area contributed by atoms with Gasteiger partial charge in [0.2, 0.25) is 0 Å². The highest BCUT2D eigenvalue weighted by atomic mass is 19.4. The molecular weight excluding hydrogens is 211 g/mol. The van der Waals surface area contributed by atoms with E-state index in [1.54, 1.807) is 0 Å². The first-order chi connectivity index (χ1) is 6.95. The maximum absolute atomic E-state index is 12.2. The molecule has 0 fully saturated rings. The monoisotopic (exact) mass is 217 g/mol. The molecule has 0 aliphatic heterocycles. The van der Waals surface area contributed by atoms with Crippen LogP contribution in [0.1, 0.15) is 11.1 Å². The predicted octanol–water partition coefficient (Wildman–Crippen LogP) is 1.61. The second kappa shape index (κ2) is 4.12. The van der Waals surface area contributed by atoms with Crippen molar-refractivity contribution in [2.45, 2.75) is 6.18 Å². The summed E-state index contributed by atoms with van der Waals surface area (Å²) < 4.78 is 36.7. The number of nitrogens with one attached hydrogen (secondary N) is 1. The van der Waals surface area contributed by atoms with E-state index in [1.807, 2.05) is 4.98 Å². The van der Waals surface area contributed by atoms with Crippen LogP contribution in [0.25, 0.3) is 6.08 Å². The molecule has 0 atom stereocenters. The van der Waals surface area contributed by atoms with Crippen LogP contribution < -0.4 is 5.56 Å². The van der Waals surface area contributed by atoms with Gasteiger partial charge in [0.05, 0.1) is 0 Å². The van der Waals surface area contributed by atoms with Gasteiger partial charge >= 0.3 is 6.18 Å². The lowest BCUT2D eigenvalue weighted by Gasteiger charge is -2.05. The largest absolute Gasteiger partial charge is 0.421 e. The van der Waals surface area contributed by atoms with Gasteiger partial charge in [0, 0.05) is 6.20 Å². The Bertz CT molecular complexity index is 445. The zero-order valence-corrected chi connectivity index (χ0v) is 7.34. The van der Waals surface area contributed by atoms with Crippen LogP contribution in [0.3, 0.4) is 0 Å². The number of carbonyl (C=O) groups is 1. The lowest BCUT2D eigenvalue weighted by Crippen LogP contribution is -2.21. The molecule has 6 heteroatoms. The van der Waals surface area contributed by atoms with Crippen molar-refractivity contribution in [1.29, 1.82) is 0 Å². The van der Waals surface area contributed by atoms with E-state index in [0.29, 0.717) is 12.4 Å². The van der Waals surface area contributed by atoms with Gasteiger partial charge in [-0.15, -0.1) is 0 Å². The average molecular weight is 217 g/mol. The third-order valence-electron chi connectivity index (χ3n) is 1.60. The Morgan fingerprint density at radius 1 is 1.33 bits per heavy atom. The standard InChI is InChI=1S/C9H6F3NO2/c10-9(11,12)7-4-6(2-1-3-14)5-13-8(7)15/h1-5H,(H,13,15). The van der Waals surface area contributed by atoms with Crippen LogP contribution in [0.4, 0.5) is 13.2 Å². The molecule has 1 aromatic rings. The molecule has 1 aromatic heterocycles. The van der Waals surface area contributed by atoms with E-state index in [4.69, 9.17) is 0 Å². The summed E-state index contributed by atoms with van der Waals surface area (Å²) in [6.45, 7) is 0. The van der Waals surface area contributed by atoms with Crippen molar-refractivity contribution in [2.24, 2.45) is 0 Å². The number of alkyl halides is 3. The fourth-order valence-corrected chi connectivity index (χ4v) is 0.958. The zero-order chi connectivity index (χ0) is 11.5. The predicted molar refractivity (Wildman–Crippen MR) is 47.2 cm³/mol. The number of halogens is 3. The summed E-state index contributed by atoms with van der Waals surface area (Å²) in [5, 5.41) is 0. The van der Waals surface area contributed by atoms with Crippen molar-refractivity contribution in [3.63, 3.8) is 0 Å². The van der Waals surface area contributed by atoms with Gasteiger partial charge in [-0.25, -0.2) is 0 Å². The Morgan fingerprint density at radius 2 is 2.00 bits per heavy atom.